The fraction of sp³-hybridized carbons (Fsp3) is 0.529. The third kappa shape index (κ3) is 2.69. The average molecular weight is 259 g/mol. The molecule has 2 nitrogen and oxygen atoms in total. The summed E-state index contributed by atoms with van der Waals surface area (Å²) in [5.41, 5.74) is 3.65. The van der Waals surface area contributed by atoms with E-state index in [1.807, 2.05) is 0 Å². The first-order valence-corrected chi connectivity index (χ1v) is 7.34. The maximum Gasteiger partial charge on any atom is 0.137 e. The van der Waals surface area contributed by atoms with Crippen molar-refractivity contribution in [2.45, 2.75) is 53.0 Å². The highest BCUT2D eigenvalue weighted by atomic mass is 16.3. The molecule has 0 aliphatic carbocycles. The van der Waals surface area contributed by atoms with E-state index in [0.717, 1.165) is 24.3 Å². The van der Waals surface area contributed by atoms with Gasteiger partial charge in [-0.3, -0.25) is 0 Å². The van der Waals surface area contributed by atoms with Gasteiger partial charge in [-0.05, 0) is 43.0 Å². The Morgan fingerprint density at radius 3 is 2.53 bits per heavy atom. The van der Waals surface area contributed by atoms with Crippen molar-refractivity contribution in [1.29, 1.82) is 0 Å². The maximum atomic E-state index is 6.13. The SMILES string of the molecule is CCNC(CC)c1cc2c(C(C)C)ccc(C)c2o1. The van der Waals surface area contributed by atoms with E-state index in [1.165, 1.54) is 16.5 Å². The molecule has 1 heterocycles. The summed E-state index contributed by atoms with van der Waals surface area (Å²) in [6.45, 7) is 11.9. The Morgan fingerprint density at radius 1 is 1.21 bits per heavy atom. The van der Waals surface area contributed by atoms with Crippen molar-refractivity contribution in [2.24, 2.45) is 0 Å². The quantitative estimate of drug-likeness (QED) is 0.824. The Hall–Kier alpha value is -1.28. The van der Waals surface area contributed by atoms with Crippen molar-refractivity contribution in [3.63, 3.8) is 0 Å². The first-order chi connectivity index (χ1) is 9.08. The molecular formula is C17H25NO. The monoisotopic (exact) mass is 259 g/mol. The molecule has 0 saturated heterocycles. The van der Waals surface area contributed by atoms with Crippen molar-refractivity contribution >= 4 is 11.0 Å². The number of rotatable bonds is 5. The first-order valence-electron chi connectivity index (χ1n) is 7.34. The molecule has 0 spiro atoms. The summed E-state index contributed by atoms with van der Waals surface area (Å²) >= 11 is 0. The summed E-state index contributed by atoms with van der Waals surface area (Å²) < 4.78 is 6.13. The van der Waals surface area contributed by atoms with Gasteiger partial charge in [0.05, 0.1) is 6.04 Å². The van der Waals surface area contributed by atoms with Crippen LogP contribution in [0, 0.1) is 6.92 Å². The minimum Gasteiger partial charge on any atom is -0.459 e. The van der Waals surface area contributed by atoms with Crippen LogP contribution in [-0.2, 0) is 0 Å². The lowest BCUT2D eigenvalue weighted by atomic mass is 9.97. The van der Waals surface area contributed by atoms with Crippen molar-refractivity contribution in [3.05, 3.63) is 35.1 Å². The van der Waals surface area contributed by atoms with Crippen LogP contribution in [0.5, 0.6) is 0 Å². The highest BCUT2D eigenvalue weighted by Gasteiger charge is 2.17. The summed E-state index contributed by atoms with van der Waals surface area (Å²) in [6, 6.07) is 6.94. The van der Waals surface area contributed by atoms with Crippen LogP contribution < -0.4 is 5.32 Å². The van der Waals surface area contributed by atoms with Crippen molar-refractivity contribution in [3.8, 4) is 0 Å². The Kier molecular flexibility index (Phi) is 4.31. The van der Waals surface area contributed by atoms with E-state index >= 15 is 0 Å². The largest absolute Gasteiger partial charge is 0.459 e. The van der Waals surface area contributed by atoms with Gasteiger partial charge in [-0.25, -0.2) is 0 Å². The van der Waals surface area contributed by atoms with E-state index in [1.54, 1.807) is 0 Å². The van der Waals surface area contributed by atoms with Crippen LogP contribution in [-0.4, -0.2) is 6.54 Å². The third-order valence-electron chi connectivity index (χ3n) is 3.76. The second kappa shape index (κ2) is 5.79. The smallest absolute Gasteiger partial charge is 0.137 e. The van der Waals surface area contributed by atoms with E-state index in [0.29, 0.717) is 12.0 Å². The molecule has 1 aromatic heterocycles. The lowest BCUT2D eigenvalue weighted by molar-refractivity contribution is 0.428. The summed E-state index contributed by atoms with van der Waals surface area (Å²) in [7, 11) is 0. The minimum atomic E-state index is 0.316. The standard InChI is InChI=1S/C17H25NO/c1-6-15(18-7-2)16-10-14-13(11(3)4)9-8-12(5)17(14)19-16/h8-11,15,18H,6-7H2,1-5H3. The van der Waals surface area contributed by atoms with Crippen LogP contribution in [0.15, 0.2) is 22.6 Å². The van der Waals surface area contributed by atoms with Crippen LogP contribution in [0.1, 0.15) is 63.0 Å². The predicted molar refractivity (Wildman–Crippen MR) is 81.7 cm³/mol. The number of hydrogen-bond acceptors (Lipinski definition) is 2. The molecule has 0 aliphatic rings. The molecule has 0 fully saturated rings. The Labute approximate surface area is 116 Å². The highest BCUT2D eigenvalue weighted by Crippen LogP contribution is 2.33. The highest BCUT2D eigenvalue weighted by molar-refractivity contribution is 5.85. The molecule has 2 aromatic rings. The summed E-state index contributed by atoms with van der Waals surface area (Å²) in [4.78, 5) is 0. The number of furan rings is 1. The molecule has 1 aromatic carbocycles. The van der Waals surface area contributed by atoms with Gasteiger partial charge in [0.25, 0.3) is 0 Å². The van der Waals surface area contributed by atoms with Crippen LogP contribution >= 0.6 is 0 Å². The number of hydrogen-bond donors (Lipinski definition) is 1. The fourth-order valence-electron chi connectivity index (χ4n) is 2.67. The molecule has 0 radical (unpaired) electrons. The summed E-state index contributed by atoms with van der Waals surface area (Å²) in [6.07, 6.45) is 1.05. The summed E-state index contributed by atoms with van der Waals surface area (Å²) in [5, 5.41) is 4.76. The average Bonchev–Trinajstić information content (AvgIpc) is 2.81. The van der Waals surface area contributed by atoms with Gasteiger partial charge in [0, 0.05) is 5.39 Å². The molecule has 19 heavy (non-hydrogen) atoms. The van der Waals surface area contributed by atoms with Crippen molar-refractivity contribution in [1.82, 2.24) is 5.32 Å². The van der Waals surface area contributed by atoms with Gasteiger partial charge in [0.1, 0.15) is 11.3 Å². The predicted octanol–water partition coefficient (Wildman–Crippen LogP) is 4.93. The fourth-order valence-corrected chi connectivity index (χ4v) is 2.67. The molecule has 0 saturated carbocycles. The van der Waals surface area contributed by atoms with E-state index in [9.17, 15) is 0 Å². The number of fused-ring (bicyclic) bond motifs is 1. The molecule has 0 amide bonds. The van der Waals surface area contributed by atoms with E-state index in [4.69, 9.17) is 4.42 Å². The third-order valence-corrected chi connectivity index (χ3v) is 3.76. The van der Waals surface area contributed by atoms with Gasteiger partial charge < -0.3 is 9.73 Å². The van der Waals surface area contributed by atoms with Crippen LogP contribution in [0.3, 0.4) is 0 Å². The second-order valence-electron chi connectivity index (χ2n) is 5.54. The molecule has 2 rings (SSSR count). The first kappa shape index (κ1) is 14.1. The molecular weight excluding hydrogens is 234 g/mol. The molecule has 0 aliphatic heterocycles. The number of aryl methyl sites for hydroxylation is 1. The zero-order chi connectivity index (χ0) is 14.0. The van der Waals surface area contributed by atoms with Gasteiger partial charge in [-0.2, -0.15) is 0 Å². The normalized spacial score (nSPS) is 13.4. The second-order valence-corrected chi connectivity index (χ2v) is 5.54. The lowest BCUT2D eigenvalue weighted by Gasteiger charge is -2.12. The number of benzene rings is 1. The molecule has 1 N–H and O–H groups in total. The maximum absolute atomic E-state index is 6.13. The van der Waals surface area contributed by atoms with Crippen molar-refractivity contribution < 1.29 is 4.42 Å². The van der Waals surface area contributed by atoms with Crippen LogP contribution in [0.2, 0.25) is 0 Å². The van der Waals surface area contributed by atoms with Gasteiger partial charge in [-0.1, -0.05) is 39.8 Å². The Bertz CT molecular complexity index is 554. The minimum absolute atomic E-state index is 0.316. The lowest BCUT2D eigenvalue weighted by Crippen LogP contribution is -2.19. The molecule has 0 bridgehead atoms. The summed E-state index contributed by atoms with van der Waals surface area (Å²) in [5.74, 6) is 1.59. The Morgan fingerprint density at radius 2 is 1.95 bits per heavy atom. The molecule has 1 atom stereocenters. The molecule has 104 valence electrons. The zero-order valence-corrected chi connectivity index (χ0v) is 12.7. The van der Waals surface area contributed by atoms with Crippen molar-refractivity contribution in [2.75, 3.05) is 6.54 Å². The molecule has 1 unspecified atom stereocenters. The zero-order valence-electron chi connectivity index (χ0n) is 12.7. The number of nitrogens with one attached hydrogen (secondary N) is 1. The van der Waals surface area contributed by atoms with Gasteiger partial charge in [0.15, 0.2) is 0 Å². The molecule has 2 heteroatoms. The van der Waals surface area contributed by atoms with Gasteiger partial charge in [-0.15, -0.1) is 0 Å². The van der Waals surface area contributed by atoms with E-state index in [-0.39, 0.29) is 0 Å². The van der Waals surface area contributed by atoms with Crippen LogP contribution in [0.4, 0.5) is 0 Å². The van der Waals surface area contributed by atoms with Gasteiger partial charge in [0.2, 0.25) is 0 Å². The van der Waals surface area contributed by atoms with Gasteiger partial charge >= 0.3 is 0 Å². The van der Waals surface area contributed by atoms with E-state index in [2.05, 4.69) is 58.1 Å². The van der Waals surface area contributed by atoms with Crippen LogP contribution in [0.25, 0.3) is 11.0 Å². The topological polar surface area (TPSA) is 25.2 Å². The Balaban J connectivity index is 2.55. The van der Waals surface area contributed by atoms with E-state index < -0.39 is 0 Å².